The number of carbonyl (C=O) groups excluding carboxylic acids is 1. The summed E-state index contributed by atoms with van der Waals surface area (Å²) >= 11 is 0. The molecule has 1 aliphatic heterocycles. The molecule has 26 heavy (non-hydrogen) atoms. The predicted octanol–water partition coefficient (Wildman–Crippen LogP) is 1.34. The zero-order valence-electron chi connectivity index (χ0n) is 14.8. The van der Waals surface area contributed by atoms with E-state index >= 15 is 0 Å². The third-order valence-corrected chi connectivity index (χ3v) is 4.15. The molecule has 0 bridgehead atoms. The van der Waals surface area contributed by atoms with Crippen LogP contribution in [0, 0.1) is 0 Å². The first-order valence-electron chi connectivity index (χ1n) is 8.59. The van der Waals surface area contributed by atoms with Crippen LogP contribution >= 0.6 is 0 Å². The zero-order chi connectivity index (χ0) is 18.4. The van der Waals surface area contributed by atoms with Gasteiger partial charge >= 0.3 is 6.09 Å². The lowest BCUT2D eigenvalue weighted by Crippen LogP contribution is -2.49. The molecule has 138 valence electrons. The molecule has 9 nitrogen and oxygen atoms in total. The van der Waals surface area contributed by atoms with Gasteiger partial charge in [-0.1, -0.05) is 6.07 Å². The Morgan fingerprint density at radius 3 is 2.81 bits per heavy atom. The van der Waals surface area contributed by atoms with E-state index in [1.165, 1.54) is 6.33 Å². The quantitative estimate of drug-likeness (QED) is 0.825. The molecule has 0 unspecified atom stereocenters. The van der Waals surface area contributed by atoms with Crippen LogP contribution < -0.4 is 16.0 Å². The fourth-order valence-electron chi connectivity index (χ4n) is 2.78. The van der Waals surface area contributed by atoms with Crippen LogP contribution in [0.5, 0.6) is 0 Å². The Hall–Kier alpha value is -3.10. The standard InChI is InChI=1S/C17H23N7O2/c1-2-26-17(25)24-8-6-23(7-9-24)16-14(18)15(21-12-22-16)20-11-13-4-3-5-19-10-13/h3-5,10,12H,2,6-9,11,18H2,1H3,(H,20,21,22). The molecular weight excluding hydrogens is 334 g/mol. The van der Waals surface area contributed by atoms with Crippen molar-refractivity contribution in [3.05, 3.63) is 36.4 Å². The van der Waals surface area contributed by atoms with Crippen molar-refractivity contribution in [2.75, 3.05) is 48.7 Å². The summed E-state index contributed by atoms with van der Waals surface area (Å²) in [5, 5.41) is 3.23. The summed E-state index contributed by atoms with van der Waals surface area (Å²) < 4.78 is 5.04. The molecule has 0 spiro atoms. The molecule has 0 aliphatic carbocycles. The first-order valence-corrected chi connectivity index (χ1v) is 8.59. The van der Waals surface area contributed by atoms with Crippen LogP contribution in [-0.2, 0) is 11.3 Å². The van der Waals surface area contributed by atoms with Crippen molar-refractivity contribution in [2.24, 2.45) is 0 Å². The molecule has 0 radical (unpaired) electrons. The summed E-state index contributed by atoms with van der Waals surface area (Å²) in [6.45, 7) is 5.18. The number of hydrogen-bond acceptors (Lipinski definition) is 8. The molecule has 1 aliphatic rings. The van der Waals surface area contributed by atoms with E-state index in [2.05, 4.69) is 25.2 Å². The Labute approximate surface area is 152 Å². The fourth-order valence-corrected chi connectivity index (χ4v) is 2.78. The Balaban J connectivity index is 1.63. The minimum absolute atomic E-state index is 0.276. The summed E-state index contributed by atoms with van der Waals surface area (Å²) in [4.78, 5) is 28.2. The number of nitrogen functional groups attached to an aromatic ring is 1. The van der Waals surface area contributed by atoms with E-state index in [9.17, 15) is 4.79 Å². The van der Waals surface area contributed by atoms with Crippen molar-refractivity contribution in [2.45, 2.75) is 13.5 Å². The molecular formula is C17H23N7O2. The molecule has 0 atom stereocenters. The van der Waals surface area contributed by atoms with Gasteiger partial charge in [-0.05, 0) is 18.6 Å². The number of nitrogens with zero attached hydrogens (tertiary/aromatic N) is 5. The molecule has 1 fully saturated rings. The topological polar surface area (TPSA) is 110 Å². The van der Waals surface area contributed by atoms with Gasteiger partial charge in [0.1, 0.15) is 12.0 Å². The normalized spacial score (nSPS) is 14.2. The smallest absolute Gasteiger partial charge is 0.409 e. The Morgan fingerprint density at radius 1 is 1.31 bits per heavy atom. The van der Waals surface area contributed by atoms with Crippen molar-refractivity contribution in [3.63, 3.8) is 0 Å². The van der Waals surface area contributed by atoms with Gasteiger partial charge in [-0.15, -0.1) is 0 Å². The molecule has 1 saturated heterocycles. The molecule has 3 rings (SSSR count). The van der Waals surface area contributed by atoms with E-state index in [0.717, 1.165) is 5.56 Å². The van der Waals surface area contributed by atoms with Crippen LogP contribution in [0.3, 0.4) is 0 Å². The Bertz CT molecular complexity index is 733. The maximum Gasteiger partial charge on any atom is 0.409 e. The maximum atomic E-state index is 11.8. The van der Waals surface area contributed by atoms with Gasteiger partial charge in [0, 0.05) is 45.1 Å². The highest BCUT2D eigenvalue weighted by molar-refractivity contribution is 5.75. The van der Waals surface area contributed by atoms with Gasteiger partial charge in [0.2, 0.25) is 0 Å². The number of hydrogen-bond donors (Lipinski definition) is 2. The maximum absolute atomic E-state index is 11.8. The minimum atomic E-state index is -0.276. The summed E-state index contributed by atoms with van der Waals surface area (Å²) in [5.41, 5.74) is 7.81. The van der Waals surface area contributed by atoms with E-state index in [1.54, 1.807) is 24.2 Å². The largest absolute Gasteiger partial charge is 0.450 e. The van der Waals surface area contributed by atoms with Crippen molar-refractivity contribution in [1.29, 1.82) is 0 Å². The molecule has 0 aromatic carbocycles. The summed E-state index contributed by atoms with van der Waals surface area (Å²) in [6, 6.07) is 3.86. The molecule has 2 aromatic rings. The van der Waals surface area contributed by atoms with E-state index < -0.39 is 0 Å². The number of amides is 1. The van der Waals surface area contributed by atoms with Gasteiger partial charge in [0.15, 0.2) is 11.6 Å². The number of nitrogens with two attached hydrogens (primary N) is 1. The Kier molecular flexibility index (Phi) is 5.67. The summed E-state index contributed by atoms with van der Waals surface area (Å²) in [5.74, 6) is 1.27. The summed E-state index contributed by atoms with van der Waals surface area (Å²) in [6.07, 6.45) is 4.74. The second kappa shape index (κ2) is 8.32. The number of nitrogens with one attached hydrogen (secondary N) is 1. The molecule has 1 amide bonds. The second-order valence-corrected chi connectivity index (χ2v) is 5.85. The van der Waals surface area contributed by atoms with Crippen LogP contribution in [0.2, 0.25) is 0 Å². The van der Waals surface area contributed by atoms with Gasteiger partial charge in [-0.2, -0.15) is 0 Å². The molecule has 0 saturated carbocycles. The van der Waals surface area contributed by atoms with Gasteiger partial charge in [0.25, 0.3) is 0 Å². The first kappa shape index (κ1) is 17.7. The number of carbonyl (C=O) groups is 1. The first-order chi connectivity index (χ1) is 12.7. The van der Waals surface area contributed by atoms with Crippen molar-refractivity contribution < 1.29 is 9.53 Å². The third kappa shape index (κ3) is 4.11. The number of anilines is 3. The number of piperazine rings is 1. The van der Waals surface area contributed by atoms with Crippen LogP contribution in [0.15, 0.2) is 30.9 Å². The minimum Gasteiger partial charge on any atom is -0.450 e. The van der Waals surface area contributed by atoms with Crippen molar-refractivity contribution in [1.82, 2.24) is 19.9 Å². The van der Waals surface area contributed by atoms with E-state index in [4.69, 9.17) is 10.5 Å². The molecule has 3 N–H and O–H groups in total. The number of rotatable bonds is 5. The van der Waals surface area contributed by atoms with Crippen LogP contribution in [0.25, 0.3) is 0 Å². The lowest BCUT2D eigenvalue weighted by Gasteiger charge is -2.35. The van der Waals surface area contributed by atoms with Gasteiger partial charge < -0.3 is 25.6 Å². The van der Waals surface area contributed by atoms with Gasteiger partial charge in [-0.25, -0.2) is 14.8 Å². The van der Waals surface area contributed by atoms with E-state index in [-0.39, 0.29) is 6.09 Å². The average Bonchev–Trinajstić information content (AvgIpc) is 2.68. The molecule has 3 heterocycles. The van der Waals surface area contributed by atoms with Gasteiger partial charge in [-0.3, -0.25) is 4.98 Å². The predicted molar refractivity (Wildman–Crippen MR) is 98.8 cm³/mol. The fraction of sp³-hybridized carbons (Fsp3) is 0.412. The number of pyridine rings is 1. The highest BCUT2D eigenvalue weighted by Crippen LogP contribution is 2.27. The zero-order valence-corrected chi connectivity index (χ0v) is 14.8. The van der Waals surface area contributed by atoms with Crippen LogP contribution in [-0.4, -0.2) is 58.7 Å². The molecule has 2 aromatic heterocycles. The SMILES string of the molecule is CCOC(=O)N1CCN(c2ncnc(NCc3cccnc3)c2N)CC1. The molecule has 9 heteroatoms. The lowest BCUT2D eigenvalue weighted by atomic mass is 10.2. The van der Waals surface area contributed by atoms with Crippen molar-refractivity contribution >= 4 is 23.4 Å². The average molecular weight is 357 g/mol. The van der Waals surface area contributed by atoms with Crippen LogP contribution in [0.1, 0.15) is 12.5 Å². The number of ether oxygens (including phenoxy) is 1. The second-order valence-electron chi connectivity index (χ2n) is 5.85. The lowest BCUT2D eigenvalue weighted by molar-refractivity contribution is 0.105. The highest BCUT2D eigenvalue weighted by atomic mass is 16.6. The van der Waals surface area contributed by atoms with Crippen molar-refractivity contribution in [3.8, 4) is 0 Å². The van der Waals surface area contributed by atoms with Gasteiger partial charge in [0.05, 0.1) is 6.61 Å². The monoisotopic (exact) mass is 357 g/mol. The highest BCUT2D eigenvalue weighted by Gasteiger charge is 2.24. The Morgan fingerprint density at radius 2 is 2.12 bits per heavy atom. The number of aromatic nitrogens is 3. The van der Waals surface area contributed by atoms with E-state index in [0.29, 0.717) is 56.7 Å². The third-order valence-electron chi connectivity index (χ3n) is 4.15. The summed E-state index contributed by atoms with van der Waals surface area (Å²) in [7, 11) is 0. The van der Waals surface area contributed by atoms with E-state index in [1.807, 2.05) is 12.1 Å². The van der Waals surface area contributed by atoms with Crippen LogP contribution in [0.4, 0.5) is 22.1 Å².